The minimum atomic E-state index is -4.15. The monoisotopic (exact) mass is 282 g/mol. The summed E-state index contributed by atoms with van der Waals surface area (Å²) in [5, 5.41) is 5.97. The number of halogens is 3. The molecule has 0 atom stereocenters. The van der Waals surface area contributed by atoms with Crippen molar-refractivity contribution in [2.24, 2.45) is 4.99 Å². The topological polar surface area (TPSA) is 39.7 Å². The van der Waals surface area contributed by atoms with Gasteiger partial charge >= 0.3 is 6.18 Å². The van der Waals surface area contributed by atoms with Crippen molar-refractivity contribution in [2.45, 2.75) is 33.4 Å². The summed E-state index contributed by atoms with van der Waals surface area (Å²) in [6.45, 7) is 9.84. The molecule has 0 heterocycles. The van der Waals surface area contributed by atoms with Crippen molar-refractivity contribution in [2.75, 3.05) is 39.3 Å². The molecule has 0 unspecified atom stereocenters. The van der Waals surface area contributed by atoms with Crippen molar-refractivity contribution in [3.63, 3.8) is 0 Å². The van der Waals surface area contributed by atoms with Crippen molar-refractivity contribution >= 4 is 5.96 Å². The summed E-state index contributed by atoms with van der Waals surface area (Å²) in [4.78, 5) is 6.13. The van der Waals surface area contributed by atoms with Gasteiger partial charge in [-0.15, -0.1) is 0 Å². The van der Waals surface area contributed by atoms with E-state index < -0.39 is 12.6 Å². The van der Waals surface area contributed by atoms with Gasteiger partial charge < -0.3 is 15.5 Å². The molecule has 19 heavy (non-hydrogen) atoms. The van der Waals surface area contributed by atoms with Crippen LogP contribution in [0, 0.1) is 0 Å². The van der Waals surface area contributed by atoms with Gasteiger partial charge in [0, 0.05) is 19.6 Å². The third-order valence-electron chi connectivity index (χ3n) is 2.62. The molecule has 0 bridgehead atoms. The van der Waals surface area contributed by atoms with Crippen molar-refractivity contribution in [3.8, 4) is 0 Å². The van der Waals surface area contributed by atoms with E-state index in [2.05, 4.69) is 34.4 Å². The molecule has 0 saturated heterocycles. The lowest BCUT2D eigenvalue weighted by Gasteiger charge is -2.19. The number of hydrogen-bond acceptors (Lipinski definition) is 2. The molecular formula is C12H25F3N4. The zero-order valence-electron chi connectivity index (χ0n) is 12.0. The Morgan fingerprint density at radius 2 is 1.74 bits per heavy atom. The Balaban J connectivity index is 4.07. The molecule has 0 radical (unpaired) electrons. The van der Waals surface area contributed by atoms with Crippen LogP contribution in [0.2, 0.25) is 0 Å². The fraction of sp³-hybridized carbons (Fsp3) is 0.917. The predicted molar refractivity (Wildman–Crippen MR) is 72.4 cm³/mol. The summed E-state index contributed by atoms with van der Waals surface area (Å²) in [5.74, 6) is 0.443. The minimum absolute atomic E-state index is 0.246. The number of nitrogens with zero attached hydrogens (tertiary/aromatic N) is 2. The minimum Gasteiger partial charge on any atom is -0.357 e. The molecule has 0 rings (SSSR count). The van der Waals surface area contributed by atoms with Crippen LogP contribution in [0.25, 0.3) is 0 Å². The van der Waals surface area contributed by atoms with Crippen LogP contribution in [0.1, 0.15) is 27.2 Å². The average molecular weight is 282 g/mol. The van der Waals surface area contributed by atoms with Crippen LogP contribution in [-0.4, -0.2) is 56.3 Å². The van der Waals surface area contributed by atoms with E-state index in [1.807, 2.05) is 6.92 Å². The van der Waals surface area contributed by atoms with E-state index in [9.17, 15) is 13.2 Å². The Labute approximate surface area is 113 Å². The standard InChI is InChI=1S/C12H25F3N4/c1-4-16-11(17-8-7-12(13,14)15)18-9-10-19(5-2)6-3/h4-10H2,1-3H3,(H2,16,17,18). The van der Waals surface area contributed by atoms with Gasteiger partial charge in [-0.25, -0.2) is 0 Å². The summed E-state index contributed by atoms with van der Waals surface area (Å²) >= 11 is 0. The zero-order chi connectivity index (χ0) is 14.7. The van der Waals surface area contributed by atoms with Crippen molar-refractivity contribution in [3.05, 3.63) is 0 Å². The molecule has 0 aliphatic carbocycles. The summed E-state index contributed by atoms with van der Waals surface area (Å²) < 4.78 is 36.1. The van der Waals surface area contributed by atoms with Gasteiger partial charge in [-0.1, -0.05) is 13.8 Å². The number of likely N-dealkylation sites (N-methyl/N-ethyl adjacent to an activating group) is 1. The lowest BCUT2D eigenvalue weighted by atomic mass is 10.4. The van der Waals surface area contributed by atoms with Gasteiger partial charge in [0.1, 0.15) is 0 Å². The van der Waals surface area contributed by atoms with Crippen LogP contribution in [0.15, 0.2) is 4.99 Å². The Morgan fingerprint density at radius 3 is 2.21 bits per heavy atom. The molecule has 0 amide bonds. The number of alkyl halides is 3. The third-order valence-corrected chi connectivity index (χ3v) is 2.62. The van der Waals surface area contributed by atoms with E-state index in [4.69, 9.17) is 0 Å². The number of rotatable bonds is 8. The highest BCUT2D eigenvalue weighted by atomic mass is 19.4. The third kappa shape index (κ3) is 10.6. The fourth-order valence-corrected chi connectivity index (χ4v) is 1.51. The fourth-order valence-electron chi connectivity index (χ4n) is 1.51. The second-order valence-corrected chi connectivity index (χ2v) is 4.08. The van der Waals surface area contributed by atoms with Crippen molar-refractivity contribution < 1.29 is 13.2 Å². The van der Waals surface area contributed by atoms with E-state index in [0.717, 1.165) is 19.6 Å². The number of hydrogen-bond donors (Lipinski definition) is 2. The molecule has 0 aliphatic rings. The van der Waals surface area contributed by atoms with Crippen LogP contribution in [0.5, 0.6) is 0 Å². The first-order chi connectivity index (χ1) is 8.92. The molecule has 0 spiro atoms. The number of nitrogens with one attached hydrogen (secondary N) is 2. The molecule has 0 aromatic rings. The maximum absolute atomic E-state index is 12.0. The Hall–Kier alpha value is -0.980. The molecular weight excluding hydrogens is 257 g/mol. The summed E-state index contributed by atoms with van der Waals surface area (Å²) in [6.07, 6.45) is -5.04. The Morgan fingerprint density at radius 1 is 1.11 bits per heavy atom. The summed E-state index contributed by atoms with van der Waals surface area (Å²) in [6, 6.07) is 0. The first-order valence-electron chi connectivity index (χ1n) is 6.74. The Bertz CT molecular complexity index is 250. The predicted octanol–water partition coefficient (Wildman–Crippen LogP) is 1.84. The van der Waals surface area contributed by atoms with E-state index >= 15 is 0 Å². The summed E-state index contributed by atoms with van der Waals surface area (Å²) in [7, 11) is 0. The highest BCUT2D eigenvalue weighted by molar-refractivity contribution is 5.79. The first-order valence-corrected chi connectivity index (χ1v) is 6.74. The van der Waals surface area contributed by atoms with Crippen molar-refractivity contribution in [1.29, 1.82) is 0 Å². The maximum atomic E-state index is 12.0. The van der Waals surface area contributed by atoms with Gasteiger partial charge in [-0.3, -0.25) is 4.99 Å². The van der Waals surface area contributed by atoms with Gasteiger partial charge in [0.25, 0.3) is 0 Å². The summed E-state index contributed by atoms with van der Waals surface area (Å²) in [5.41, 5.74) is 0. The smallest absolute Gasteiger partial charge is 0.357 e. The van der Waals surface area contributed by atoms with Gasteiger partial charge in [0.15, 0.2) is 5.96 Å². The molecule has 114 valence electrons. The van der Waals surface area contributed by atoms with E-state index in [1.54, 1.807) is 0 Å². The molecule has 0 saturated carbocycles. The number of aliphatic imine (C=N–C) groups is 1. The van der Waals surface area contributed by atoms with Crippen molar-refractivity contribution in [1.82, 2.24) is 15.5 Å². The molecule has 0 fully saturated rings. The first kappa shape index (κ1) is 18.0. The van der Waals surface area contributed by atoms with Gasteiger partial charge in [-0.2, -0.15) is 13.2 Å². The van der Waals surface area contributed by atoms with Crippen LogP contribution < -0.4 is 10.6 Å². The largest absolute Gasteiger partial charge is 0.390 e. The van der Waals surface area contributed by atoms with E-state index in [-0.39, 0.29) is 6.54 Å². The molecule has 4 nitrogen and oxygen atoms in total. The second kappa shape index (κ2) is 9.89. The second-order valence-electron chi connectivity index (χ2n) is 4.08. The van der Waals surface area contributed by atoms with Gasteiger partial charge in [0.2, 0.25) is 0 Å². The number of guanidine groups is 1. The molecule has 0 aromatic carbocycles. The van der Waals surface area contributed by atoms with Gasteiger partial charge in [0.05, 0.1) is 13.0 Å². The molecule has 0 aliphatic heterocycles. The SMILES string of the molecule is CCNC(=NCCC(F)(F)F)NCCN(CC)CC. The maximum Gasteiger partial charge on any atom is 0.390 e. The molecule has 2 N–H and O–H groups in total. The lowest BCUT2D eigenvalue weighted by molar-refractivity contribution is -0.132. The normalized spacial score (nSPS) is 12.9. The quantitative estimate of drug-likeness (QED) is 0.527. The highest BCUT2D eigenvalue weighted by Crippen LogP contribution is 2.18. The lowest BCUT2D eigenvalue weighted by Crippen LogP contribution is -2.41. The average Bonchev–Trinajstić information content (AvgIpc) is 2.33. The van der Waals surface area contributed by atoms with Gasteiger partial charge in [-0.05, 0) is 20.0 Å². The van der Waals surface area contributed by atoms with Crippen LogP contribution in [0.3, 0.4) is 0 Å². The van der Waals surface area contributed by atoms with Crippen LogP contribution in [0.4, 0.5) is 13.2 Å². The highest BCUT2D eigenvalue weighted by Gasteiger charge is 2.26. The molecule has 7 heteroatoms. The van der Waals surface area contributed by atoms with E-state index in [1.165, 1.54) is 0 Å². The van der Waals surface area contributed by atoms with E-state index in [0.29, 0.717) is 19.0 Å². The van der Waals surface area contributed by atoms with Crippen LogP contribution in [-0.2, 0) is 0 Å². The zero-order valence-corrected chi connectivity index (χ0v) is 12.0. The molecule has 0 aromatic heterocycles. The Kier molecular flexibility index (Phi) is 9.38. The van der Waals surface area contributed by atoms with Crippen LogP contribution >= 0.6 is 0 Å².